The topological polar surface area (TPSA) is 44.5 Å². The van der Waals surface area contributed by atoms with Crippen molar-refractivity contribution in [3.8, 4) is 11.5 Å². The Hall–Kier alpha value is -1.42. The van der Waals surface area contributed by atoms with Crippen LogP contribution in [0.2, 0.25) is 10.0 Å². The smallest absolute Gasteiger partial charge is 0.139 e. The molecule has 0 aliphatic rings. The molecule has 0 saturated carbocycles. The zero-order valence-electron chi connectivity index (χ0n) is 11.0. The van der Waals surface area contributed by atoms with Gasteiger partial charge in [-0.15, -0.1) is 0 Å². The highest BCUT2D eigenvalue weighted by atomic mass is 35.5. The van der Waals surface area contributed by atoms with E-state index >= 15 is 0 Å². The zero-order valence-corrected chi connectivity index (χ0v) is 12.5. The van der Waals surface area contributed by atoms with Crippen molar-refractivity contribution in [2.45, 2.75) is 6.10 Å². The van der Waals surface area contributed by atoms with Gasteiger partial charge in [-0.2, -0.15) is 0 Å². The predicted molar refractivity (Wildman–Crippen MR) is 81.9 cm³/mol. The van der Waals surface area contributed by atoms with E-state index in [1.165, 1.54) is 0 Å². The monoisotopic (exact) mass is 311 g/mol. The van der Waals surface area contributed by atoms with Gasteiger partial charge in [0.25, 0.3) is 0 Å². The fourth-order valence-electron chi connectivity index (χ4n) is 1.82. The molecule has 3 nitrogen and oxygen atoms in total. The molecule has 0 saturated heterocycles. The lowest BCUT2D eigenvalue weighted by atomic mass is 10.1. The number of benzene rings is 2. The first kappa shape index (κ1) is 15.0. The number of rotatable bonds is 5. The van der Waals surface area contributed by atoms with Crippen LogP contribution in [-0.2, 0) is 0 Å². The second kappa shape index (κ2) is 6.84. The van der Waals surface area contributed by atoms with Crippen LogP contribution < -0.4 is 15.2 Å². The molecular weight excluding hydrogens is 297 g/mol. The standard InChI is InChI=1S/C15H15Cl2NO2/c1-19-12-4-2-3-10(7-12)15(9-18)20-14-6-5-11(16)8-13(14)17/h2-8,15H,9,18H2,1H3. The number of methoxy groups -OCH3 is 1. The van der Waals surface area contributed by atoms with E-state index in [4.69, 9.17) is 38.4 Å². The molecule has 0 heterocycles. The highest BCUT2D eigenvalue weighted by Crippen LogP contribution is 2.31. The number of halogens is 2. The SMILES string of the molecule is COc1cccc(C(CN)Oc2ccc(Cl)cc2Cl)c1. The maximum absolute atomic E-state index is 6.10. The van der Waals surface area contributed by atoms with Crippen molar-refractivity contribution in [1.82, 2.24) is 0 Å². The van der Waals surface area contributed by atoms with Gasteiger partial charge in [0.2, 0.25) is 0 Å². The minimum absolute atomic E-state index is 0.302. The van der Waals surface area contributed by atoms with Crippen LogP contribution in [0.5, 0.6) is 11.5 Å². The molecule has 2 aromatic carbocycles. The van der Waals surface area contributed by atoms with Crippen LogP contribution in [0, 0.1) is 0 Å². The van der Waals surface area contributed by atoms with E-state index in [9.17, 15) is 0 Å². The normalized spacial score (nSPS) is 12.0. The van der Waals surface area contributed by atoms with E-state index in [-0.39, 0.29) is 6.10 Å². The minimum Gasteiger partial charge on any atom is -0.497 e. The molecule has 2 aromatic rings. The van der Waals surface area contributed by atoms with Gasteiger partial charge < -0.3 is 15.2 Å². The molecule has 0 aliphatic heterocycles. The predicted octanol–water partition coefficient (Wildman–Crippen LogP) is 4.08. The Kier molecular flexibility index (Phi) is 5.12. The molecule has 1 atom stereocenters. The summed E-state index contributed by atoms with van der Waals surface area (Å²) in [6.45, 7) is 0.326. The van der Waals surface area contributed by atoms with Crippen LogP contribution in [0.25, 0.3) is 0 Å². The summed E-state index contributed by atoms with van der Waals surface area (Å²) >= 11 is 12.0. The summed E-state index contributed by atoms with van der Waals surface area (Å²) in [4.78, 5) is 0. The van der Waals surface area contributed by atoms with Gasteiger partial charge in [-0.3, -0.25) is 0 Å². The van der Waals surface area contributed by atoms with Crippen molar-refractivity contribution in [2.24, 2.45) is 5.73 Å². The molecular formula is C15H15Cl2NO2. The Bertz CT molecular complexity index is 590. The van der Waals surface area contributed by atoms with Crippen molar-refractivity contribution in [1.29, 1.82) is 0 Å². The maximum Gasteiger partial charge on any atom is 0.139 e. The van der Waals surface area contributed by atoms with Crippen LogP contribution in [0.1, 0.15) is 11.7 Å². The molecule has 0 bridgehead atoms. The Morgan fingerprint density at radius 2 is 1.95 bits per heavy atom. The summed E-state index contributed by atoms with van der Waals surface area (Å²) in [5, 5.41) is 1.02. The molecule has 2 N–H and O–H groups in total. The number of ether oxygens (including phenoxy) is 2. The fourth-order valence-corrected chi connectivity index (χ4v) is 2.27. The molecule has 0 spiro atoms. The van der Waals surface area contributed by atoms with Crippen LogP contribution >= 0.6 is 23.2 Å². The van der Waals surface area contributed by atoms with Gasteiger partial charge in [0.1, 0.15) is 17.6 Å². The average molecular weight is 312 g/mol. The maximum atomic E-state index is 6.10. The fraction of sp³-hybridized carbons (Fsp3) is 0.200. The third-order valence-corrected chi connectivity index (χ3v) is 3.37. The first-order chi connectivity index (χ1) is 9.63. The van der Waals surface area contributed by atoms with Gasteiger partial charge in [0.15, 0.2) is 0 Å². The van der Waals surface area contributed by atoms with E-state index in [1.54, 1.807) is 25.3 Å². The third-order valence-electron chi connectivity index (χ3n) is 2.84. The third kappa shape index (κ3) is 3.57. The second-order valence-corrected chi connectivity index (χ2v) is 5.04. The molecule has 0 fully saturated rings. The molecule has 2 rings (SSSR count). The Labute approximate surface area is 128 Å². The Balaban J connectivity index is 2.23. The molecule has 5 heteroatoms. The summed E-state index contributed by atoms with van der Waals surface area (Å²) in [6, 6.07) is 12.7. The quantitative estimate of drug-likeness (QED) is 0.904. The van der Waals surface area contributed by atoms with Gasteiger partial charge in [-0.25, -0.2) is 0 Å². The van der Waals surface area contributed by atoms with E-state index < -0.39 is 0 Å². The zero-order chi connectivity index (χ0) is 14.5. The van der Waals surface area contributed by atoms with Crippen LogP contribution in [-0.4, -0.2) is 13.7 Å². The molecule has 20 heavy (non-hydrogen) atoms. The number of hydrogen-bond donors (Lipinski definition) is 1. The van der Waals surface area contributed by atoms with Crippen LogP contribution in [0.3, 0.4) is 0 Å². The summed E-state index contributed by atoms with van der Waals surface area (Å²) in [5.74, 6) is 1.31. The van der Waals surface area contributed by atoms with E-state index in [2.05, 4.69) is 0 Å². The van der Waals surface area contributed by atoms with Crippen LogP contribution in [0.15, 0.2) is 42.5 Å². The van der Waals surface area contributed by atoms with Crippen LogP contribution in [0.4, 0.5) is 0 Å². The van der Waals surface area contributed by atoms with Crippen molar-refractivity contribution >= 4 is 23.2 Å². The Morgan fingerprint density at radius 1 is 1.15 bits per heavy atom. The molecule has 0 amide bonds. The van der Waals surface area contributed by atoms with Gasteiger partial charge in [-0.1, -0.05) is 35.3 Å². The van der Waals surface area contributed by atoms with Gasteiger partial charge in [-0.05, 0) is 35.9 Å². The lowest BCUT2D eigenvalue weighted by molar-refractivity contribution is 0.214. The Morgan fingerprint density at radius 3 is 2.60 bits per heavy atom. The largest absolute Gasteiger partial charge is 0.497 e. The van der Waals surface area contributed by atoms with E-state index in [0.29, 0.717) is 22.3 Å². The van der Waals surface area contributed by atoms with E-state index in [1.807, 2.05) is 24.3 Å². The first-order valence-corrected chi connectivity index (χ1v) is 6.85. The van der Waals surface area contributed by atoms with Crippen molar-refractivity contribution in [3.05, 3.63) is 58.1 Å². The van der Waals surface area contributed by atoms with Gasteiger partial charge >= 0.3 is 0 Å². The molecule has 0 radical (unpaired) electrons. The van der Waals surface area contributed by atoms with Gasteiger partial charge in [0, 0.05) is 11.6 Å². The number of hydrogen-bond acceptors (Lipinski definition) is 3. The highest BCUT2D eigenvalue weighted by molar-refractivity contribution is 6.35. The molecule has 106 valence electrons. The summed E-state index contributed by atoms with van der Waals surface area (Å²) in [7, 11) is 1.62. The second-order valence-electron chi connectivity index (χ2n) is 4.19. The molecule has 0 aliphatic carbocycles. The van der Waals surface area contributed by atoms with Crippen molar-refractivity contribution < 1.29 is 9.47 Å². The first-order valence-electron chi connectivity index (χ1n) is 6.09. The number of nitrogens with two attached hydrogens (primary N) is 1. The van der Waals surface area contributed by atoms with Crippen molar-refractivity contribution in [3.63, 3.8) is 0 Å². The highest BCUT2D eigenvalue weighted by Gasteiger charge is 2.14. The van der Waals surface area contributed by atoms with Crippen molar-refractivity contribution in [2.75, 3.05) is 13.7 Å². The summed E-state index contributed by atoms with van der Waals surface area (Å²) in [5.41, 5.74) is 6.72. The van der Waals surface area contributed by atoms with Gasteiger partial charge in [0.05, 0.1) is 12.1 Å². The minimum atomic E-state index is -0.302. The summed E-state index contributed by atoms with van der Waals surface area (Å²) in [6.07, 6.45) is -0.302. The lowest BCUT2D eigenvalue weighted by Gasteiger charge is -2.19. The summed E-state index contributed by atoms with van der Waals surface area (Å²) < 4.78 is 11.1. The lowest BCUT2D eigenvalue weighted by Crippen LogP contribution is -2.18. The average Bonchev–Trinajstić information content (AvgIpc) is 2.46. The molecule has 0 aromatic heterocycles. The molecule has 1 unspecified atom stereocenters. The van der Waals surface area contributed by atoms with E-state index in [0.717, 1.165) is 11.3 Å².